The van der Waals surface area contributed by atoms with Crippen LogP contribution >= 0.6 is 11.3 Å². The molecule has 12 heteroatoms. The van der Waals surface area contributed by atoms with Gasteiger partial charge in [-0.2, -0.15) is 0 Å². The van der Waals surface area contributed by atoms with Gasteiger partial charge in [-0.15, -0.1) is 11.3 Å². The lowest BCUT2D eigenvalue weighted by Gasteiger charge is -2.12. The van der Waals surface area contributed by atoms with E-state index < -0.39 is 32.6 Å². The Kier molecular flexibility index (Phi) is 7.87. The molecule has 0 saturated carbocycles. The van der Waals surface area contributed by atoms with Crippen molar-refractivity contribution < 1.29 is 32.4 Å². The average molecular weight is 519 g/mol. The highest BCUT2D eigenvalue weighted by atomic mass is 32.2. The van der Waals surface area contributed by atoms with E-state index in [1.54, 1.807) is 44.2 Å². The molecule has 10 nitrogen and oxygen atoms in total. The van der Waals surface area contributed by atoms with E-state index in [1.807, 2.05) is 0 Å². The minimum atomic E-state index is -4.40. The number of hydrogen-bond donors (Lipinski definition) is 1. The number of sulfonamides is 1. The summed E-state index contributed by atoms with van der Waals surface area (Å²) in [5.74, 6) is -1.58. The van der Waals surface area contributed by atoms with Crippen LogP contribution in [0.4, 0.5) is 10.7 Å². The van der Waals surface area contributed by atoms with E-state index in [4.69, 9.17) is 9.47 Å². The van der Waals surface area contributed by atoms with E-state index in [9.17, 15) is 28.1 Å². The molecule has 35 heavy (non-hydrogen) atoms. The molecule has 0 bridgehead atoms. The van der Waals surface area contributed by atoms with Crippen molar-refractivity contribution >= 4 is 44.0 Å². The number of thiophene rings is 1. The van der Waals surface area contributed by atoms with Gasteiger partial charge in [0.05, 0.1) is 23.0 Å². The molecule has 0 spiro atoms. The number of aryl methyl sites for hydroxylation is 1. The second-order valence-electron chi connectivity index (χ2n) is 7.13. The molecule has 2 aromatic carbocycles. The highest BCUT2D eigenvalue weighted by Crippen LogP contribution is 2.42. The zero-order valence-electron chi connectivity index (χ0n) is 19.1. The van der Waals surface area contributed by atoms with Crippen LogP contribution in [0.3, 0.4) is 0 Å². The molecule has 3 rings (SSSR count). The molecule has 1 heterocycles. The summed E-state index contributed by atoms with van der Waals surface area (Å²) in [6.07, 6.45) is 0. The van der Waals surface area contributed by atoms with Gasteiger partial charge >= 0.3 is 11.9 Å². The molecule has 184 valence electrons. The molecule has 0 aliphatic carbocycles. The standard InChI is InChI=1S/C23H22N2O8S2/c1-4-32-22(26)19-18(15-9-7-6-8-10-15)20(23(27)33-5-2)34-21(19)24-35(30,31)17-13-16(25(28)29)12-11-14(17)3/h6-13,24H,4-5H2,1-3H3. The van der Waals surface area contributed by atoms with Crippen molar-refractivity contribution in [2.45, 2.75) is 25.7 Å². The first-order valence-corrected chi connectivity index (χ1v) is 12.7. The van der Waals surface area contributed by atoms with E-state index in [0.717, 1.165) is 17.4 Å². The van der Waals surface area contributed by atoms with Crippen LogP contribution in [0.5, 0.6) is 0 Å². The number of benzene rings is 2. The predicted octanol–water partition coefficient (Wildman–Crippen LogP) is 4.79. The van der Waals surface area contributed by atoms with Gasteiger partial charge in [0.2, 0.25) is 0 Å². The fraction of sp³-hybridized carbons (Fsp3) is 0.217. The molecule has 0 saturated heterocycles. The number of hydrogen-bond acceptors (Lipinski definition) is 9. The lowest BCUT2D eigenvalue weighted by atomic mass is 10.0. The zero-order valence-corrected chi connectivity index (χ0v) is 20.7. The summed E-state index contributed by atoms with van der Waals surface area (Å²) in [4.78, 5) is 35.9. The van der Waals surface area contributed by atoms with E-state index in [1.165, 1.54) is 19.1 Å². The monoisotopic (exact) mass is 518 g/mol. The lowest BCUT2D eigenvalue weighted by Crippen LogP contribution is -2.16. The highest BCUT2D eigenvalue weighted by molar-refractivity contribution is 7.93. The SMILES string of the molecule is CCOC(=O)c1sc(NS(=O)(=O)c2cc([N+](=O)[O-])ccc2C)c(C(=O)OCC)c1-c1ccccc1. The minimum absolute atomic E-state index is 0.00777. The van der Waals surface area contributed by atoms with Crippen molar-refractivity contribution in [3.63, 3.8) is 0 Å². The Morgan fingerprint density at radius 1 is 1.03 bits per heavy atom. The van der Waals surface area contributed by atoms with Crippen molar-refractivity contribution in [1.29, 1.82) is 0 Å². The Balaban J connectivity index is 2.25. The molecular weight excluding hydrogens is 496 g/mol. The number of nitrogens with one attached hydrogen (secondary N) is 1. The number of nitro groups is 1. The Morgan fingerprint density at radius 3 is 2.26 bits per heavy atom. The lowest BCUT2D eigenvalue weighted by molar-refractivity contribution is -0.385. The summed E-state index contributed by atoms with van der Waals surface area (Å²) in [7, 11) is -4.40. The Labute approximate surface area is 205 Å². The van der Waals surface area contributed by atoms with Gasteiger partial charge in [-0.25, -0.2) is 18.0 Å². The normalized spacial score (nSPS) is 11.1. The van der Waals surface area contributed by atoms with E-state index in [-0.39, 0.29) is 44.7 Å². The number of ether oxygens (including phenoxy) is 2. The molecule has 3 aromatic rings. The number of anilines is 1. The fourth-order valence-corrected chi connectivity index (χ4v) is 5.97. The molecule has 0 aliphatic rings. The van der Waals surface area contributed by atoms with E-state index in [2.05, 4.69) is 4.72 Å². The zero-order chi connectivity index (χ0) is 25.8. The maximum atomic E-state index is 13.3. The Bertz CT molecular complexity index is 1380. The number of non-ortho nitro benzene ring substituents is 1. The Hall–Kier alpha value is -3.77. The van der Waals surface area contributed by atoms with Crippen LogP contribution in [0.2, 0.25) is 0 Å². The number of rotatable bonds is 9. The summed E-state index contributed by atoms with van der Waals surface area (Å²) < 4.78 is 39.2. The third kappa shape index (κ3) is 5.49. The molecule has 0 radical (unpaired) electrons. The molecular formula is C23H22N2O8S2. The fourth-order valence-electron chi connectivity index (χ4n) is 3.29. The maximum Gasteiger partial charge on any atom is 0.349 e. The second-order valence-corrected chi connectivity index (χ2v) is 9.80. The third-order valence-electron chi connectivity index (χ3n) is 4.81. The van der Waals surface area contributed by atoms with Gasteiger partial charge < -0.3 is 9.47 Å². The smallest absolute Gasteiger partial charge is 0.349 e. The number of carbonyl (C=O) groups is 2. The molecule has 0 amide bonds. The van der Waals surface area contributed by atoms with Gasteiger partial charge in [0.25, 0.3) is 15.7 Å². The van der Waals surface area contributed by atoms with Crippen molar-refractivity contribution in [1.82, 2.24) is 0 Å². The third-order valence-corrected chi connectivity index (χ3v) is 7.52. The summed E-state index contributed by atoms with van der Waals surface area (Å²) in [6.45, 7) is 4.77. The van der Waals surface area contributed by atoms with Crippen LogP contribution < -0.4 is 4.72 Å². The molecule has 1 N–H and O–H groups in total. The van der Waals surface area contributed by atoms with Gasteiger partial charge in [0.15, 0.2) is 0 Å². The highest BCUT2D eigenvalue weighted by Gasteiger charge is 2.32. The summed E-state index contributed by atoms with van der Waals surface area (Å²) in [5.41, 5.74) is 0.335. The predicted molar refractivity (Wildman–Crippen MR) is 130 cm³/mol. The summed E-state index contributed by atoms with van der Waals surface area (Å²) in [6, 6.07) is 11.9. The maximum absolute atomic E-state index is 13.3. The molecule has 0 fully saturated rings. The first-order valence-electron chi connectivity index (χ1n) is 10.4. The van der Waals surface area contributed by atoms with Crippen LogP contribution in [-0.4, -0.2) is 38.5 Å². The van der Waals surface area contributed by atoms with Crippen LogP contribution in [0.25, 0.3) is 11.1 Å². The number of carbonyl (C=O) groups excluding carboxylic acids is 2. The topological polar surface area (TPSA) is 142 Å². The van der Waals surface area contributed by atoms with Crippen molar-refractivity contribution in [3.8, 4) is 11.1 Å². The van der Waals surface area contributed by atoms with Crippen molar-refractivity contribution in [3.05, 3.63) is 74.6 Å². The van der Waals surface area contributed by atoms with Crippen molar-refractivity contribution in [2.24, 2.45) is 0 Å². The van der Waals surface area contributed by atoms with Gasteiger partial charge in [0.1, 0.15) is 15.4 Å². The second kappa shape index (κ2) is 10.7. The average Bonchev–Trinajstić information content (AvgIpc) is 3.18. The van der Waals surface area contributed by atoms with Gasteiger partial charge in [-0.1, -0.05) is 36.4 Å². The van der Waals surface area contributed by atoms with Gasteiger partial charge in [0, 0.05) is 17.7 Å². The minimum Gasteiger partial charge on any atom is -0.462 e. The van der Waals surface area contributed by atoms with Crippen LogP contribution in [-0.2, 0) is 19.5 Å². The molecule has 0 aliphatic heterocycles. The van der Waals surface area contributed by atoms with E-state index >= 15 is 0 Å². The number of nitro benzene ring substituents is 1. The summed E-state index contributed by atoms with van der Waals surface area (Å²) in [5, 5.41) is 11.0. The van der Waals surface area contributed by atoms with Crippen molar-refractivity contribution in [2.75, 3.05) is 17.9 Å². The van der Waals surface area contributed by atoms with Crippen LogP contribution in [0.15, 0.2) is 53.4 Å². The van der Waals surface area contributed by atoms with Crippen LogP contribution in [0.1, 0.15) is 39.4 Å². The first-order chi connectivity index (χ1) is 16.6. The number of nitrogens with zero attached hydrogens (tertiary/aromatic N) is 1. The molecule has 0 unspecified atom stereocenters. The summed E-state index contributed by atoms with van der Waals surface area (Å²) >= 11 is 0.722. The quantitative estimate of drug-likeness (QED) is 0.242. The molecule has 1 aromatic heterocycles. The largest absolute Gasteiger partial charge is 0.462 e. The van der Waals surface area contributed by atoms with Gasteiger partial charge in [-0.3, -0.25) is 14.8 Å². The van der Waals surface area contributed by atoms with E-state index in [0.29, 0.717) is 5.56 Å². The van der Waals surface area contributed by atoms with Crippen LogP contribution in [0, 0.1) is 17.0 Å². The molecule has 0 atom stereocenters. The number of esters is 2. The van der Waals surface area contributed by atoms with Gasteiger partial charge in [-0.05, 0) is 31.9 Å². The Morgan fingerprint density at radius 2 is 1.66 bits per heavy atom. The first kappa shape index (κ1) is 25.8.